The maximum atomic E-state index is 12.7. The van der Waals surface area contributed by atoms with Crippen LogP contribution in [-0.2, 0) is 11.8 Å². The van der Waals surface area contributed by atoms with Crippen molar-refractivity contribution in [1.29, 1.82) is 0 Å². The minimum absolute atomic E-state index is 0.0125. The normalized spacial score (nSPS) is 15.6. The van der Waals surface area contributed by atoms with Crippen molar-refractivity contribution < 1.29 is 14.3 Å². The first-order valence-corrected chi connectivity index (χ1v) is 14.5. The molecule has 0 unspecified atom stereocenters. The van der Waals surface area contributed by atoms with E-state index >= 15 is 0 Å². The minimum Gasteiger partial charge on any atom is -0.457 e. The largest absolute Gasteiger partial charge is 0.457 e. The van der Waals surface area contributed by atoms with E-state index in [-0.39, 0.29) is 12.1 Å². The van der Waals surface area contributed by atoms with E-state index in [4.69, 9.17) is 9.47 Å². The molecule has 43 heavy (non-hydrogen) atoms. The molecule has 1 atom stereocenters. The van der Waals surface area contributed by atoms with Crippen molar-refractivity contribution in [3.05, 3.63) is 72.8 Å². The standard InChI is InChI=1S/C33H37N7O3/c1-21-15-23(7-12-30(21)42-25-9-11-29-28(17-25)36-20-38(29)6)37-31-26-16-24(8-10-27(26)34-19-35-31)39-13-14-40(22(2)18-39)32(41)43-33(3,4)5/h7-12,15-17,19-20,22H,13-14,18H2,1-6H3,(H,34,35,37)/t22-/m1/s1. The summed E-state index contributed by atoms with van der Waals surface area (Å²) in [5.74, 6) is 2.24. The Bertz CT molecular complexity index is 1810. The molecule has 6 rings (SSSR count). The Labute approximate surface area is 251 Å². The third-order valence-corrected chi connectivity index (χ3v) is 7.60. The number of rotatable bonds is 5. The number of carbonyl (C=O) groups excluding carboxylic acids is 1. The molecular formula is C33H37N7O3. The Hall–Kier alpha value is -4.86. The van der Waals surface area contributed by atoms with Gasteiger partial charge in [0.1, 0.15) is 29.2 Å². The molecule has 10 nitrogen and oxygen atoms in total. The summed E-state index contributed by atoms with van der Waals surface area (Å²) in [6, 6.07) is 18.1. The van der Waals surface area contributed by atoms with Gasteiger partial charge in [-0.15, -0.1) is 0 Å². The Balaban J connectivity index is 1.18. The molecular weight excluding hydrogens is 542 g/mol. The SMILES string of the molecule is Cc1cc(Nc2ncnc3ccc(N4CCN(C(=O)OC(C)(C)C)[C@H](C)C4)cc23)ccc1Oc1ccc2c(c1)ncn2C. The second-order valence-electron chi connectivity index (χ2n) is 12.1. The number of fused-ring (bicyclic) bond motifs is 2. The number of anilines is 3. The monoisotopic (exact) mass is 579 g/mol. The van der Waals surface area contributed by atoms with Gasteiger partial charge < -0.3 is 29.2 Å². The Morgan fingerprint density at radius 2 is 1.81 bits per heavy atom. The van der Waals surface area contributed by atoms with Crippen LogP contribution < -0.4 is 15.0 Å². The molecule has 1 aliphatic rings. The summed E-state index contributed by atoms with van der Waals surface area (Å²) in [5.41, 5.74) is 5.23. The summed E-state index contributed by atoms with van der Waals surface area (Å²) in [5, 5.41) is 4.40. The van der Waals surface area contributed by atoms with Gasteiger partial charge in [-0.05, 0) is 88.7 Å². The Kier molecular flexibility index (Phi) is 7.29. The number of hydrogen-bond donors (Lipinski definition) is 1. The smallest absolute Gasteiger partial charge is 0.410 e. The zero-order chi connectivity index (χ0) is 30.3. The van der Waals surface area contributed by atoms with Crippen molar-refractivity contribution in [2.24, 2.45) is 7.05 Å². The van der Waals surface area contributed by atoms with Gasteiger partial charge >= 0.3 is 6.09 Å². The van der Waals surface area contributed by atoms with E-state index in [1.54, 1.807) is 12.7 Å². The van der Waals surface area contributed by atoms with Gasteiger partial charge in [0, 0.05) is 55.6 Å². The summed E-state index contributed by atoms with van der Waals surface area (Å²) in [6.07, 6.45) is 3.11. The van der Waals surface area contributed by atoms with E-state index < -0.39 is 5.60 Å². The maximum absolute atomic E-state index is 12.7. The lowest BCUT2D eigenvalue weighted by atomic mass is 10.1. The lowest BCUT2D eigenvalue weighted by Gasteiger charge is -2.41. The Morgan fingerprint density at radius 3 is 2.58 bits per heavy atom. The molecule has 3 aromatic carbocycles. The first-order valence-electron chi connectivity index (χ1n) is 14.5. The molecule has 5 aromatic rings. The van der Waals surface area contributed by atoms with Crippen LogP contribution in [0, 0.1) is 6.92 Å². The number of nitrogens with zero attached hydrogens (tertiary/aromatic N) is 6. The number of piperazine rings is 1. The van der Waals surface area contributed by atoms with E-state index in [9.17, 15) is 4.79 Å². The molecule has 222 valence electrons. The molecule has 0 aliphatic carbocycles. The van der Waals surface area contributed by atoms with Crippen molar-refractivity contribution in [3.8, 4) is 11.5 Å². The number of aryl methyl sites for hydroxylation is 2. The predicted molar refractivity (Wildman–Crippen MR) is 169 cm³/mol. The number of ether oxygens (including phenoxy) is 2. The first kappa shape index (κ1) is 28.3. The number of benzene rings is 3. The number of hydrogen-bond acceptors (Lipinski definition) is 8. The van der Waals surface area contributed by atoms with Crippen molar-refractivity contribution in [3.63, 3.8) is 0 Å². The molecule has 1 amide bonds. The van der Waals surface area contributed by atoms with E-state index in [1.807, 2.05) is 86.7 Å². The van der Waals surface area contributed by atoms with E-state index in [0.717, 1.165) is 56.2 Å². The highest BCUT2D eigenvalue weighted by molar-refractivity contribution is 5.93. The number of amides is 1. The van der Waals surface area contributed by atoms with Gasteiger partial charge in [-0.25, -0.2) is 19.7 Å². The molecule has 10 heteroatoms. The second kappa shape index (κ2) is 11.1. The van der Waals surface area contributed by atoms with Crippen molar-refractivity contribution in [2.45, 2.75) is 46.3 Å². The predicted octanol–water partition coefficient (Wildman–Crippen LogP) is 6.81. The number of carbonyl (C=O) groups is 1. The Morgan fingerprint density at radius 1 is 0.977 bits per heavy atom. The average molecular weight is 580 g/mol. The fraction of sp³-hybridized carbons (Fsp3) is 0.333. The van der Waals surface area contributed by atoms with Gasteiger partial charge in [-0.2, -0.15) is 0 Å². The van der Waals surface area contributed by atoms with Gasteiger partial charge in [0.2, 0.25) is 0 Å². The van der Waals surface area contributed by atoms with Gasteiger partial charge in [0.15, 0.2) is 0 Å². The van der Waals surface area contributed by atoms with Gasteiger partial charge in [-0.1, -0.05) is 0 Å². The van der Waals surface area contributed by atoms with Crippen LogP contribution in [0.2, 0.25) is 0 Å². The van der Waals surface area contributed by atoms with Crippen LogP contribution in [0.1, 0.15) is 33.3 Å². The first-order chi connectivity index (χ1) is 20.5. The highest BCUT2D eigenvalue weighted by atomic mass is 16.6. The molecule has 0 spiro atoms. The van der Waals surface area contributed by atoms with E-state index in [0.29, 0.717) is 19.6 Å². The molecule has 3 heterocycles. The lowest BCUT2D eigenvalue weighted by molar-refractivity contribution is 0.0159. The van der Waals surface area contributed by atoms with Crippen LogP contribution in [0.5, 0.6) is 11.5 Å². The quantitative estimate of drug-likeness (QED) is 0.243. The zero-order valence-corrected chi connectivity index (χ0v) is 25.5. The molecule has 1 N–H and O–H groups in total. The number of nitrogens with one attached hydrogen (secondary N) is 1. The molecule has 2 aromatic heterocycles. The molecule has 0 saturated carbocycles. The molecule has 0 radical (unpaired) electrons. The molecule has 0 bridgehead atoms. The van der Waals surface area contributed by atoms with E-state index in [1.165, 1.54) is 0 Å². The van der Waals surface area contributed by atoms with Crippen molar-refractivity contribution >= 4 is 45.2 Å². The molecule has 1 aliphatic heterocycles. The minimum atomic E-state index is -0.517. The maximum Gasteiger partial charge on any atom is 0.410 e. The van der Waals surface area contributed by atoms with Gasteiger partial charge in [0.05, 0.1) is 22.9 Å². The number of imidazole rings is 1. The van der Waals surface area contributed by atoms with Crippen LogP contribution in [0.4, 0.5) is 22.0 Å². The lowest BCUT2D eigenvalue weighted by Crippen LogP contribution is -2.55. The van der Waals surface area contributed by atoms with Gasteiger partial charge in [-0.3, -0.25) is 0 Å². The highest BCUT2D eigenvalue weighted by Crippen LogP contribution is 2.32. The van der Waals surface area contributed by atoms with Crippen LogP contribution in [0.25, 0.3) is 21.9 Å². The summed E-state index contributed by atoms with van der Waals surface area (Å²) >= 11 is 0. The summed E-state index contributed by atoms with van der Waals surface area (Å²) in [7, 11) is 1.98. The van der Waals surface area contributed by atoms with Crippen molar-refractivity contribution in [2.75, 3.05) is 29.9 Å². The fourth-order valence-corrected chi connectivity index (χ4v) is 5.41. The fourth-order valence-electron chi connectivity index (χ4n) is 5.41. The third kappa shape index (κ3) is 6.04. The summed E-state index contributed by atoms with van der Waals surface area (Å²) in [4.78, 5) is 30.3. The summed E-state index contributed by atoms with van der Waals surface area (Å²) in [6.45, 7) is 11.8. The molecule has 1 fully saturated rings. The van der Waals surface area contributed by atoms with E-state index in [2.05, 4.69) is 44.2 Å². The topological polar surface area (TPSA) is 97.6 Å². The average Bonchev–Trinajstić information content (AvgIpc) is 3.33. The number of aromatic nitrogens is 4. The van der Waals surface area contributed by atoms with Crippen LogP contribution in [0.15, 0.2) is 67.3 Å². The molecule has 1 saturated heterocycles. The van der Waals surface area contributed by atoms with Crippen LogP contribution in [-0.4, -0.2) is 61.8 Å². The highest BCUT2D eigenvalue weighted by Gasteiger charge is 2.31. The summed E-state index contributed by atoms with van der Waals surface area (Å²) < 4.78 is 13.8. The van der Waals surface area contributed by atoms with Gasteiger partial charge in [0.25, 0.3) is 0 Å². The zero-order valence-electron chi connectivity index (χ0n) is 25.5. The van der Waals surface area contributed by atoms with Crippen LogP contribution in [0.3, 0.4) is 0 Å². The second-order valence-corrected chi connectivity index (χ2v) is 12.1. The van der Waals surface area contributed by atoms with Crippen LogP contribution >= 0.6 is 0 Å². The third-order valence-electron chi connectivity index (χ3n) is 7.60. The van der Waals surface area contributed by atoms with Crippen molar-refractivity contribution in [1.82, 2.24) is 24.4 Å².